The fourth-order valence-electron chi connectivity index (χ4n) is 1.88. The molecule has 0 saturated carbocycles. The fraction of sp³-hybridized carbons (Fsp3) is 0.143. The molecule has 0 amide bonds. The van der Waals surface area contributed by atoms with Gasteiger partial charge in [0.1, 0.15) is 5.75 Å². The van der Waals surface area contributed by atoms with E-state index in [0.717, 1.165) is 23.1 Å². The summed E-state index contributed by atoms with van der Waals surface area (Å²) >= 11 is 0. The average Bonchev–Trinajstić information content (AvgIpc) is 2.40. The van der Waals surface area contributed by atoms with E-state index in [1.165, 1.54) is 0 Å². The van der Waals surface area contributed by atoms with Gasteiger partial charge in [-0.2, -0.15) is 0 Å². The number of benzene rings is 2. The Balaban J connectivity index is 2.55. The summed E-state index contributed by atoms with van der Waals surface area (Å²) < 4.78 is 0. The zero-order valence-electron chi connectivity index (χ0n) is 10.0. The second kappa shape index (κ2) is 5.25. The lowest BCUT2D eigenvalue weighted by molar-refractivity contribution is 0.469. The van der Waals surface area contributed by atoms with Crippen LogP contribution < -0.4 is 0 Å². The molecule has 18 heavy (non-hydrogen) atoms. The topological polar surface area (TPSA) is 69.0 Å². The van der Waals surface area contributed by atoms with Crippen molar-refractivity contribution in [3.63, 3.8) is 0 Å². The number of phenolic OH excluding ortho intramolecular Hbond substituents is 1. The number of nitrogens with zero attached hydrogens (tertiary/aromatic N) is 3. The molecular formula is C14H13N3O. The molecule has 1 N–H and O–H groups in total. The molecule has 4 heteroatoms. The van der Waals surface area contributed by atoms with Crippen LogP contribution in [-0.4, -0.2) is 5.11 Å². The van der Waals surface area contributed by atoms with Crippen molar-refractivity contribution in [2.24, 2.45) is 5.11 Å². The quantitative estimate of drug-likeness (QED) is 0.476. The van der Waals surface area contributed by atoms with Gasteiger partial charge in [0.25, 0.3) is 0 Å². The van der Waals surface area contributed by atoms with E-state index in [2.05, 4.69) is 10.0 Å². The van der Waals surface area contributed by atoms with Crippen molar-refractivity contribution in [2.75, 3.05) is 0 Å². The Labute approximate surface area is 105 Å². The van der Waals surface area contributed by atoms with Crippen molar-refractivity contribution in [1.29, 1.82) is 0 Å². The minimum atomic E-state index is 0.269. The number of hydrogen-bond donors (Lipinski definition) is 1. The van der Waals surface area contributed by atoms with Crippen LogP contribution in [0.25, 0.3) is 21.6 Å². The van der Waals surface area contributed by atoms with Crippen LogP contribution in [0.15, 0.2) is 47.6 Å². The van der Waals surface area contributed by atoms with Crippen LogP contribution in [0.3, 0.4) is 0 Å². The van der Waals surface area contributed by atoms with E-state index in [-0.39, 0.29) is 5.75 Å². The van der Waals surface area contributed by atoms with Crippen LogP contribution >= 0.6 is 0 Å². The van der Waals surface area contributed by atoms with Gasteiger partial charge in [-0.3, -0.25) is 0 Å². The molecule has 0 aliphatic carbocycles. The smallest absolute Gasteiger partial charge is 0.119 e. The molecule has 0 atom stereocenters. The molecule has 4 nitrogen and oxygen atoms in total. The van der Waals surface area contributed by atoms with Crippen LogP contribution in [0.5, 0.6) is 5.75 Å². The van der Waals surface area contributed by atoms with Crippen LogP contribution in [0, 0.1) is 0 Å². The molecule has 0 fully saturated rings. The number of rotatable bonds is 3. The Kier molecular flexibility index (Phi) is 3.51. The first-order valence-corrected chi connectivity index (χ1v) is 5.72. The molecule has 0 bridgehead atoms. The molecule has 0 radical (unpaired) electrons. The summed E-state index contributed by atoms with van der Waals surface area (Å²) in [4.78, 5) is 2.81. The molecule has 2 aromatic rings. The Morgan fingerprint density at radius 3 is 2.67 bits per heavy atom. The molecule has 0 heterocycles. The van der Waals surface area contributed by atoms with Gasteiger partial charge >= 0.3 is 0 Å². The van der Waals surface area contributed by atoms with Crippen LogP contribution in [0.1, 0.15) is 12.5 Å². The highest BCUT2D eigenvalue weighted by Gasteiger charge is 2.06. The van der Waals surface area contributed by atoms with Gasteiger partial charge in [0.05, 0.1) is 0 Å². The number of azide groups is 1. The highest BCUT2D eigenvalue weighted by Crippen LogP contribution is 2.33. The van der Waals surface area contributed by atoms with Crippen molar-refractivity contribution in [3.8, 4) is 16.9 Å². The summed E-state index contributed by atoms with van der Waals surface area (Å²) in [5.74, 6) is 0.269. The van der Waals surface area contributed by atoms with Gasteiger partial charge in [-0.1, -0.05) is 48.4 Å². The van der Waals surface area contributed by atoms with Crippen LogP contribution in [0.2, 0.25) is 0 Å². The van der Waals surface area contributed by atoms with E-state index >= 15 is 0 Å². The van der Waals surface area contributed by atoms with Crippen LogP contribution in [0.4, 0.5) is 5.69 Å². The van der Waals surface area contributed by atoms with Crippen molar-refractivity contribution in [1.82, 2.24) is 0 Å². The molecule has 0 saturated heterocycles. The molecule has 0 spiro atoms. The monoisotopic (exact) mass is 239 g/mol. The summed E-state index contributed by atoms with van der Waals surface area (Å²) in [6, 6.07) is 12.8. The van der Waals surface area contributed by atoms with E-state index < -0.39 is 0 Å². The van der Waals surface area contributed by atoms with Crippen molar-refractivity contribution >= 4 is 5.69 Å². The molecule has 0 unspecified atom stereocenters. The molecule has 0 aliphatic rings. The molecule has 0 aliphatic heterocycles. The first kappa shape index (κ1) is 12.0. The maximum Gasteiger partial charge on any atom is 0.119 e. The first-order valence-electron chi connectivity index (χ1n) is 5.72. The Bertz CT molecular complexity index is 616. The maximum atomic E-state index is 9.87. The van der Waals surface area contributed by atoms with Crippen molar-refractivity contribution < 1.29 is 5.11 Å². The third-order valence-corrected chi connectivity index (χ3v) is 2.83. The zero-order chi connectivity index (χ0) is 13.0. The number of hydrogen-bond acceptors (Lipinski definition) is 2. The van der Waals surface area contributed by atoms with Gasteiger partial charge in [-0.25, -0.2) is 0 Å². The summed E-state index contributed by atoms with van der Waals surface area (Å²) in [6.07, 6.45) is 0.782. The largest absolute Gasteiger partial charge is 0.508 e. The van der Waals surface area contributed by atoms with E-state index in [0.29, 0.717) is 5.69 Å². The minimum absolute atomic E-state index is 0.269. The molecule has 0 aromatic heterocycles. The van der Waals surface area contributed by atoms with Crippen LogP contribution in [-0.2, 0) is 6.42 Å². The first-order chi connectivity index (χ1) is 8.76. The summed E-state index contributed by atoms with van der Waals surface area (Å²) in [5, 5.41) is 13.5. The molecular weight excluding hydrogens is 226 g/mol. The summed E-state index contributed by atoms with van der Waals surface area (Å²) in [7, 11) is 0. The highest BCUT2D eigenvalue weighted by molar-refractivity contribution is 5.76. The number of phenols is 1. The van der Waals surface area contributed by atoms with E-state index in [1.807, 2.05) is 37.3 Å². The second-order valence-corrected chi connectivity index (χ2v) is 3.90. The highest BCUT2D eigenvalue weighted by atomic mass is 16.3. The Hall–Kier alpha value is -2.45. The van der Waals surface area contributed by atoms with Crippen molar-refractivity contribution in [3.05, 3.63) is 58.5 Å². The Morgan fingerprint density at radius 1 is 1.22 bits per heavy atom. The fourth-order valence-corrected chi connectivity index (χ4v) is 1.88. The van der Waals surface area contributed by atoms with E-state index in [9.17, 15) is 5.11 Å². The third-order valence-electron chi connectivity index (χ3n) is 2.83. The SMILES string of the molecule is CCc1ccc(-c2ccccc2N=[N+]=[N-])cc1O. The zero-order valence-corrected chi connectivity index (χ0v) is 10.0. The van der Waals surface area contributed by atoms with Gasteiger partial charge in [-0.15, -0.1) is 0 Å². The van der Waals surface area contributed by atoms with Gasteiger partial charge in [0.2, 0.25) is 0 Å². The molecule has 2 aromatic carbocycles. The predicted molar refractivity (Wildman–Crippen MR) is 71.7 cm³/mol. The second-order valence-electron chi connectivity index (χ2n) is 3.90. The number of aryl methyl sites for hydroxylation is 1. The van der Waals surface area contributed by atoms with Gasteiger partial charge in [0, 0.05) is 10.6 Å². The van der Waals surface area contributed by atoms with Gasteiger partial charge < -0.3 is 5.11 Å². The Morgan fingerprint density at radius 2 is 2.00 bits per heavy atom. The molecule has 2 rings (SSSR count). The van der Waals surface area contributed by atoms with Gasteiger partial charge in [0.15, 0.2) is 0 Å². The summed E-state index contributed by atoms with van der Waals surface area (Å²) in [5.41, 5.74) is 11.7. The standard InChI is InChI=1S/C14H13N3O/c1-2-10-7-8-11(9-14(10)18)12-5-3-4-6-13(12)16-17-15/h3-9,18H,2H2,1H3. The normalized spacial score (nSPS) is 9.83. The lowest BCUT2D eigenvalue weighted by atomic mass is 10.0. The van der Waals surface area contributed by atoms with E-state index in [4.69, 9.17) is 5.53 Å². The van der Waals surface area contributed by atoms with E-state index in [1.54, 1.807) is 12.1 Å². The summed E-state index contributed by atoms with van der Waals surface area (Å²) in [6.45, 7) is 1.99. The minimum Gasteiger partial charge on any atom is -0.508 e. The third kappa shape index (κ3) is 2.29. The lowest BCUT2D eigenvalue weighted by Gasteiger charge is -2.08. The molecule has 90 valence electrons. The number of aromatic hydroxyl groups is 1. The van der Waals surface area contributed by atoms with Crippen molar-refractivity contribution in [2.45, 2.75) is 13.3 Å². The average molecular weight is 239 g/mol. The lowest BCUT2D eigenvalue weighted by Crippen LogP contribution is -1.84. The maximum absolute atomic E-state index is 9.87. The van der Waals surface area contributed by atoms with Gasteiger partial charge in [-0.05, 0) is 34.7 Å². The predicted octanol–water partition coefficient (Wildman–Crippen LogP) is 4.56.